The monoisotopic (exact) mass is 202 g/mol. The van der Waals surface area contributed by atoms with Crippen LogP contribution in [-0.4, -0.2) is 30.2 Å². The maximum absolute atomic E-state index is 8.66. The molecule has 0 radical (unpaired) electrons. The highest BCUT2D eigenvalue weighted by molar-refractivity contribution is 4.74. The van der Waals surface area contributed by atoms with Crippen molar-refractivity contribution >= 4 is 0 Å². The summed E-state index contributed by atoms with van der Waals surface area (Å²) in [7, 11) is 0. The minimum atomic E-state index is -0.349. The van der Waals surface area contributed by atoms with E-state index in [1.54, 1.807) is 0 Å². The molecule has 0 unspecified atom stereocenters. The SMILES string of the molecule is CCC[C@]1(C)OC[C@H](CCCCO)O1. The Morgan fingerprint density at radius 2 is 2.21 bits per heavy atom. The molecule has 3 heteroatoms. The van der Waals surface area contributed by atoms with Gasteiger partial charge in [-0.25, -0.2) is 0 Å². The third-order valence-electron chi connectivity index (χ3n) is 2.63. The summed E-state index contributed by atoms with van der Waals surface area (Å²) in [5.41, 5.74) is 0. The second-order valence-corrected chi connectivity index (χ2v) is 4.15. The van der Waals surface area contributed by atoms with Gasteiger partial charge in [-0.05, 0) is 26.2 Å². The van der Waals surface area contributed by atoms with E-state index in [1.165, 1.54) is 0 Å². The molecule has 0 amide bonds. The van der Waals surface area contributed by atoms with E-state index in [2.05, 4.69) is 6.92 Å². The molecule has 1 saturated heterocycles. The van der Waals surface area contributed by atoms with Crippen LogP contribution in [0.2, 0.25) is 0 Å². The van der Waals surface area contributed by atoms with Gasteiger partial charge in [-0.1, -0.05) is 13.3 Å². The van der Waals surface area contributed by atoms with Crippen molar-refractivity contribution < 1.29 is 14.6 Å². The summed E-state index contributed by atoms with van der Waals surface area (Å²) in [6, 6.07) is 0. The maximum atomic E-state index is 8.66. The quantitative estimate of drug-likeness (QED) is 0.670. The first kappa shape index (κ1) is 12.0. The zero-order valence-corrected chi connectivity index (χ0v) is 9.29. The molecule has 14 heavy (non-hydrogen) atoms. The summed E-state index contributed by atoms with van der Waals surface area (Å²) in [6.45, 7) is 5.14. The van der Waals surface area contributed by atoms with Crippen LogP contribution in [0.5, 0.6) is 0 Å². The average molecular weight is 202 g/mol. The van der Waals surface area contributed by atoms with Crippen molar-refractivity contribution in [2.75, 3.05) is 13.2 Å². The van der Waals surface area contributed by atoms with Crippen LogP contribution in [0.25, 0.3) is 0 Å². The fourth-order valence-corrected chi connectivity index (χ4v) is 1.90. The number of hydrogen-bond acceptors (Lipinski definition) is 3. The Kier molecular flexibility index (Phi) is 4.85. The molecule has 3 nitrogen and oxygen atoms in total. The van der Waals surface area contributed by atoms with Crippen molar-refractivity contribution in [1.82, 2.24) is 0 Å². The van der Waals surface area contributed by atoms with Crippen LogP contribution < -0.4 is 0 Å². The molecule has 1 fully saturated rings. The van der Waals surface area contributed by atoms with Gasteiger partial charge in [-0.3, -0.25) is 0 Å². The normalized spacial score (nSPS) is 32.4. The Hall–Kier alpha value is -0.120. The van der Waals surface area contributed by atoms with Gasteiger partial charge in [0.25, 0.3) is 0 Å². The lowest BCUT2D eigenvalue weighted by Gasteiger charge is -2.22. The Morgan fingerprint density at radius 1 is 1.43 bits per heavy atom. The second kappa shape index (κ2) is 5.69. The van der Waals surface area contributed by atoms with Crippen molar-refractivity contribution in [3.05, 3.63) is 0 Å². The highest BCUT2D eigenvalue weighted by atomic mass is 16.7. The molecule has 1 N–H and O–H groups in total. The van der Waals surface area contributed by atoms with E-state index >= 15 is 0 Å². The largest absolute Gasteiger partial charge is 0.396 e. The van der Waals surface area contributed by atoms with Gasteiger partial charge in [0, 0.05) is 13.0 Å². The van der Waals surface area contributed by atoms with Crippen molar-refractivity contribution in [2.45, 2.75) is 57.8 Å². The number of aliphatic hydroxyl groups excluding tert-OH is 1. The molecule has 0 spiro atoms. The van der Waals surface area contributed by atoms with E-state index < -0.39 is 0 Å². The highest BCUT2D eigenvalue weighted by Gasteiger charge is 2.35. The van der Waals surface area contributed by atoms with Crippen molar-refractivity contribution in [3.8, 4) is 0 Å². The zero-order valence-electron chi connectivity index (χ0n) is 9.29. The molecule has 1 aliphatic heterocycles. The third kappa shape index (κ3) is 3.56. The van der Waals surface area contributed by atoms with E-state index in [0.717, 1.165) is 32.1 Å². The lowest BCUT2D eigenvalue weighted by molar-refractivity contribution is -0.159. The van der Waals surface area contributed by atoms with Crippen LogP contribution >= 0.6 is 0 Å². The Balaban J connectivity index is 2.19. The number of unbranched alkanes of at least 4 members (excludes halogenated alkanes) is 1. The van der Waals surface area contributed by atoms with Gasteiger partial charge in [-0.15, -0.1) is 0 Å². The van der Waals surface area contributed by atoms with Gasteiger partial charge >= 0.3 is 0 Å². The molecule has 0 aromatic heterocycles. The fourth-order valence-electron chi connectivity index (χ4n) is 1.90. The molecule has 0 bridgehead atoms. The average Bonchev–Trinajstić information content (AvgIpc) is 2.49. The second-order valence-electron chi connectivity index (χ2n) is 4.15. The van der Waals surface area contributed by atoms with E-state index in [1.807, 2.05) is 6.92 Å². The van der Waals surface area contributed by atoms with Crippen LogP contribution in [-0.2, 0) is 9.47 Å². The summed E-state index contributed by atoms with van der Waals surface area (Å²) in [5, 5.41) is 8.66. The van der Waals surface area contributed by atoms with Gasteiger partial charge in [0.1, 0.15) is 0 Å². The Bertz CT molecular complexity index is 161. The van der Waals surface area contributed by atoms with Crippen molar-refractivity contribution in [2.24, 2.45) is 0 Å². The van der Waals surface area contributed by atoms with Crippen LogP contribution in [0, 0.1) is 0 Å². The predicted molar refractivity (Wildman–Crippen MR) is 55.1 cm³/mol. The molecule has 84 valence electrons. The van der Waals surface area contributed by atoms with Crippen LogP contribution in [0.15, 0.2) is 0 Å². The van der Waals surface area contributed by atoms with Crippen molar-refractivity contribution in [3.63, 3.8) is 0 Å². The zero-order chi connectivity index (χ0) is 10.4. The molecule has 0 aliphatic carbocycles. The summed E-state index contributed by atoms with van der Waals surface area (Å²) >= 11 is 0. The molecule has 0 saturated carbocycles. The van der Waals surface area contributed by atoms with Gasteiger partial charge in [0.2, 0.25) is 0 Å². The summed E-state index contributed by atoms with van der Waals surface area (Å²) in [6.07, 6.45) is 5.17. The minimum Gasteiger partial charge on any atom is -0.396 e. The highest BCUT2D eigenvalue weighted by Crippen LogP contribution is 2.29. The van der Waals surface area contributed by atoms with Crippen LogP contribution in [0.1, 0.15) is 46.0 Å². The number of rotatable bonds is 6. The summed E-state index contributed by atoms with van der Waals surface area (Å²) in [5.74, 6) is -0.349. The summed E-state index contributed by atoms with van der Waals surface area (Å²) in [4.78, 5) is 0. The maximum Gasteiger partial charge on any atom is 0.166 e. The fraction of sp³-hybridized carbons (Fsp3) is 1.00. The molecule has 1 heterocycles. The first-order chi connectivity index (χ1) is 6.70. The Labute approximate surface area is 86.4 Å². The number of ether oxygens (including phenoxy) is 2. The summed E-state index contributed by atoms with van der Waals surface area (Å²) < 4.78 is 11.5. The molecule has 1 rings (SSSR count). The van der Waals surface area contributed by atoms with Crippen LogP contribution in [0.4, 0.5) is 0 Å². The molecule has 0 aromatic rings. The number of hydrogen-bond donors (Lipinski definition) is 1. The molecular formula is C11H22O3. The van der Waals surface area contributed by atoms with Gasteiger partial charge < -0.3 is 14.6 Å². The number of aliphatic hydroxyl groups is 1. The third-order valence-corrected chi connectivity index (χ3v) is 2.63. The molecule has 0 aromatic carbocycles. The van der Waals surface area contributed by atoms with Gasteiger partial charge in [-0.2, -0.15) is 0 Å². The lowest BCUT2D eigenvalue weighted by atomic mass is 10.1. The first-order valence-electron chi connectivity index (χ1n) is 5.63. The smallest absolute Gasteiger partial charge is 0.166 e. The first-order valence-corrected chi connectivity index (χ1v) is 5.63. The molecular weight excluding hydrogens is 180 g/mol. The van der Waals surface area contributed by atoms with E-state index in [9.17, 15) is 0 Å². The van der Waals surface area contributed by atoms with E-state index in [0.29, 0.717) is 6.61 Å². The van der Waals surface area contributed by atoms with Crippen molar-refractivity contribution in [1.29, 1.82) is 0 Å². The van der Waals surface area contributed by atoms with Crippen LogP contribution in [0.3, 0.4) is 0 Å². The Morgan fingerprint density at radius 3 is 2.86 bits per heavy atom. The minimum absolute atomic E-state index is 0.234. The molecule has 2 atom stereocenters. The molecule has 1 aliphatic rings. The standard InChI is InChI=1S/C11H22O3/c1-3-7-11(2)13-9-10(14-11)6-4-5-8-12/h10,12H,3-9H2,1-2H3/t10-,11+/m0/s1. The van der Waals surface area contributed by atoms with E-state index in [4.69, 9.17) is 14.6 Å². The van der Waals surface area contributed by atoms with Gasteiger partial charge in [0.05, 0.1) is 12.7 Å². The van der Waals surface area contributed by atoms with Gasteiger partial charge in [0.15, 0.2) is 5.79 Å². The predicted octanol–water partition coefficient (Wildman–Crippen LogP) is 2.08. The van der Waals surface area contributed by atoms with E-state index in [-0.39, 0.29) is 18.5 Å². The topological polar surface area (TPSA) is 38.7 Å². The lowest BCUT2D eigenvalue weighted by Crippen LogP contribution is -2.26.